The highest BCUT2D eigenvalue weighted by atomic mass is 127. The summed E-state index contributed by atoms with van der Waals surface area (Å²) in [7, 11) is 2.54. The Morgan fingerprint density at radius 3 is 2.32 bits per heavy atom. The number of ketones is 1. The van der Waals surface area contributed by atoms with E-state index in [9.17, 15) is 19.5 Å². The molecule has 0 spiro atoms. The number of benzene rings is 1. The van der Waals surface area contributed by atoms with Crippen LogP contribution in [0.4, 0.5) is 0 Å². The van der Waals surface area contributed by atoms with Crippen molar-refractivity contribution in [2.24, 2.45) is 14.1 Å². The maximum Gasteiger partial charge on any atom is 0.333 e. The molecule has 7 heteroatoms. The Morgan fingerprint density at radius 1 is 1.14 bits per heavy atom. The molecule has 0 radical (unpaired) electrons. The van der Waals surface area contributed by atoms with Gasteiger partial charge in [-0.05, 0) is 46.4 Å². The monoisotopic (exact) mass is 412 g/mol. The quantitative estimate of drug-likeness (QED) is 0.468. The maximum atomic E-state index is 12.2. The van der Waals surface area contributed by atoms with E-state index in [1.165, 1.54) is 20.2 Å². The zero-order chi connectivity index (χ0) is 16.4. The van der Waals surface area contributed by atoms with E-state index in [1.807, 2.05) is 24.3 Å². The lowest BCUT2D eigenvalue weighted by molar-refractivity contribution is 0.104. The first-order valence-corrected chi connectivity index (χ1v) is 7.37. The molecule has 1 heterocycles. The van der Waals surface area contributed by atoms with Gasteiger partial charge in [0.05, 0.1) is 0 Å². The van der Waals surface area contributed by atoms with Gasteiger partial charge in [0.2, 0.25) is 5.88 Å². The minimum Gasteiger partial charge on any atom is -0.494 e. The molecule has 0 fully saturated rings. The van der Waals surface area contributed by atoms with Gasteiger partial charge in [0.1, 0.15) is 5.56 Å². The predicted molar refractivity (Wildman–Crippen MR) is 91.1 cm³/mol. The summed E-state index contributed by atoms with van der Waals surface area (Å²) in [6.45, 7) is 0. The van der Waals surface area contributed by atoms with Gasteiger partial charge in [0.25, 0.3) is 5.56 Å². The number of nitrogens with zero attached hydrogens (tertiary/aromatic N) is 2. The van der Waals surface area contributed by atoms with E-state index < -0.39 is 28.5 Å². The van der Waals surface area contributed by atoms with Crippen LogP contribution in [0.15, 0.2) is 39.9 Å². The minimum absolute atomic E-state index is 0.425. The van der Waals surface area contributed by atoms with Gasteiger partial charge in [-0.2, -0.15) is 0 Å². The first kappa shape index (κ1) is 16.2. The molecule has 0 aliphatic heterocycles. The van der Waals surface area contributed by atoms with Crippen LogP contribution in [0.25, 0.3) is 6.08 Å². The van der Waals surface area contributed by atoms with Crippen molar-refractivity contribution in [2.45, 2.75) is 0 Å². The SMILES string of the molecule is Cn1c(O)c(C(=O)/C=C/c2ccc(I)cc2)c(=O)n(C)c1=O. The van der Waals surface area contributed by atoms with Crippen LogP contribution in [0.1, 0.15) is 15.9 Å². The number of hydrogen-bond acceptors (Lipinski definition) is 4. The van der Waals surface area contributed by atoms with Crippen molar-refractivity contribution < 1.29 is 9.90 Å². The lowest BCUT2D eigenvalue weighted by Crippen LogP contribution is -2.39. The zero-order valence-electron chi connectivity index (χ0n) is 11.9. The third kappa shape index (κ3) is 3.03. The molecule has 1 aromatic heterocycles. The number of aromatic nitrogens is 2. The van der Waals surface area contributed by atoms with E-state index in [4.69, 9.17) is 0 Å². The van der Waals surface area contributed by atoms with E-state index in [-0.39, 0.29) is 0 Å². The Morgan fingerprint density at radius 2 is 1.73 bits per heavy atom. The third-order valence-electron chi connectivity index (χ3n) is 3.18. The van der Waals surface area contributed by atoms with Gasteiger partial charge in [-0.1, -0.05) is 18.2 Å². The van der Waals surface area contributed by atoms with Crippen molar-refractivity contribution in [3.63, 3.8) is 0 Å². The molecule has 1 N–H and O–H groups in total. The Labute approximate surface area is 139 Å². The number of rotatable bonds is 3. The van der Waals surface area contributed by atoms with Crippen molar-refractivity contribution in [3.8, 4) is 5.88 Å². The van der Waals surface area contributed by atoms with Crippen molar-refractivity contribution in [3.05, 3.63) is 65.9 Å². The summed E-state index contributed by atoms with van der Waals surface area (Å²) in [6.07, 6.45) is 2.74. The van der Waals surface area contributed by atoms with Gasteiger partial charge in [-0.3, -0.25) is 18.7 Å². The summed E-state index contributed by atoms with van der Waals surface area (Å²) in [5.41, 5.74) is -1.15. The number of hydrogen-bond donors (Lipinski definition) is 1. The van der Waals surface area contributed by atoms with Gasteiger partial charge in [0.15, 0.2) is 5.78 Å². The van der Waals surface area contributed by atoms with E-state index in [0.29, 0.717) is 0 Å². The molecule has 0 atom stereocenters. The van der Waals surface area contributed by atoms with E-state index in [2.05, 4.69) is 22.6 Å². The smallest absolute Gasteiger partial charge is 0.333 e. The standard InChI is InChI=1S/C15H13IN2O4/c1-17-13(20)12(14(21)18(2)15(17)22)11(19)8-5-9-3-6-10(16)7-4-9/h3-8,20H,1-2H3/b8-5+. The Balaban J connectivity index is 2.45. The Kier molecular flexibility index (Phi) is 4.65. The minimum atomic E-state index is -0.821. The van der Waals surface area contributed by atoms with Crippen LogP contribution < -0.4 is 11.2 Å². The lowest BCUT2D eigenvalue weighted by Gasteiger charge is -2.07. The molecular weight excluding hydrogens is 399 g/mol. The molecule has 0 bridgehead atoms. The fraction of sp³-hybridized carbons (Fsp3) is 0.133. The van der Waals surface area contributed by atoms with Crippen LogP contribution in [-0.4, -0.2) is 20.0 Å². The molecule has 2 aromatic rings. The first-order valence-electron chi connectivity index (χ1n) is 6.30. The highest BCUT2D eigenvalue weighted by Gasteiger charge is 2.19. The van der Waals surface area contributed by atoms with Gasteiger partial charge >= 0.3 is 5.69 Å². The average molecular weight is 412 g/mol. The lowest BCUT2D eigenvalue weighted by atomic mass is 10.1. The molecule has 2 rings (SSSR count). The van der Waals surface area contributed by atoms with E-state index in [1.54, 1.807) is 6.08 Å². The normalized spacial score (nSPS) is 11.0. The molecule has 114 valence electrons. The maximum absolute atomic E-state index is 12.2. The number of carbonyl (C=O) groups excluding carboxylic acids is 1. The van der Waals surface area contributed by atoms with E-state index >= 15 is 0 Å². The van der Waals surface area contributed by atoms with Crippen molar-refractivity contribution in [1.82, 2.24) is 9.13 Å². The van der Waals surface area contributed by atoms with Gasteiger partial charge < -0.3 is 5.11 Å². The summed E-state index contributed by atoms with van der Waals surface area (Å²) >= 11 is 2.17. The number of aromatic hydroxyl groups is 1. The number of halogens is 1. The molecular formula is C15H13IN2O4. The number of allylic oxidation sites excluding steroid dienone is 1. The van der Waals surface area contributed by atoms with Crippen molar-refractivity contribution in [2.75, 3.05) is 0 Å². The molecule has 0 amide bonds. The fourth-order valence-corrected chi connectivity index (χ4v) is 2.24. The topological polar surface area (TPSA) is 81.3 Å². The summed E-state index contributed by atoms with van der Waals surface area (Å²) < 4.78 is 2.70. The predicted octanol–water partition coefficient (Wildman–Crippen LogP) is 1.29. The molecule has 1 aromatic carbocycles. The fourth-order valence-electron chi connectivity index (χ4n) is 1.88. The second-order valence-electron chi connectivity index (χ2n) is 4.65. The van der Waals surface area contributed by atoms with Crippen molar-refractivity contribution >= 4 is 34.5 Å². The molecule has 0 unspecified atom stereocenters. The van der Waals surface area contributed by atoms with Crippen LogP contribution in [-0.2, 0) is 14.1 Å². The Bertz CT molecular complexity index is 876. The van der Waals surface area contributed by atoms with Crippen LogP contribution in [0, 0.1) is 3.57 Å². The summed E-state index contributed by atoms with van der Waals surface area (Å²) in [5.74, 6) is -1.29. The second kappa shape index (κ2) is 6.30. The highest BCUT2D eigenvalue weighted by Crippen LogP contribution is 2.12. The highest BCUT2D eigenvalue weighted by molar-refractivity contribution is 14.1. The molecule has 0 saturated heterocycles. The number of carbonyl (C=O) groups is 1. The molecule has 22 heavy (non-hydrogen) atoms. The second-order valence-corrected chi connectivity index (χ2v) is 5.90. The van der Waals surface area contributed by atoms with Gasteiger partial charge in [-0.15, -0.1) is 0 Å². The van der Waals surface area contributed by atoms with Crippen LogP contribution in [0.5, 0.6) is 5.88 Å². The average Bonchev–Trinajstić information content (AvgIpc) is 2.50. The zero-order valence-corrected chi connectivity index (χ0v) is 14.1. The summed E-state index contributed by atoms with van der Waals surface area (Å²) in [6, 6.07) is 7.41. The molecule has 0 saturated carbocycles. The summed E-state index contributed by atoms with van der Waals surface area (Å²) in [5, 5.41) is 9.88. The van der Waals surface area contributed by atoms with Gasteiger partial charge in [0, 0.05) is 17.7 Å². The Hall–Kier alpha value is -2.16. The summed E-state index contributed by atoms with van der Waals surface area (Å²) in [4.78, 5) is 35.8. The van der Waals surface area contributed by atoms with Crippen molar-refractivity contribution in [1.29, 1.82) is 0 Å². The molecule has 0 aliphatic rings. The van der Waals surface area contributed by atoms with Gasteiger partial charge in [-0.25, -0.2) is 4.79 Å². The van der Waals surface area contributed by atoms with Crippen LogP contribution in [0.3, 0.4) is 0 Å². The molecule has 6 nitrogen and oxygen atoms in total. The third-order valence-corrected chi connectivity index (χ3v) is 3.90. The van der Waals surface area contributed by atoms with Crippen LogP contribution >= 0.6 is 22.6 Å². The van der Waals surface area contributed by atoms with E-state index in [0.717, 1.165) is 18.3 Å². The first-order chi connectivity index (χ1) is 10.3. The molecule has 0 aliphatic carbocycles. The van der Waals surface area contributed by atoms with Crippen LogP contribution in [0.2, 0.25) is 0 Å². The largest absolute Gasteiger partial charge is 0.494 e.